The Morgan fingerprint density at radius 1 is 0.842 bits per heavy atom. The van der Waals surface area contributed by atoms with Crippen molar-refractivity contribution in [2.75, 3.05) is 44.2 Å². The maximum Gasteiger partial charge on any atom is 0.225 e. The summed E-state index contributed by atoms with van der Waals surface area (Å²) in [5.74, 6) is 1.04. The fraction of sp³-hybridized carbons (Fsp3) is 0.333. The number of carbonyl (C=O) groups excluding carboxylic acids is 1. The molecule has 4 aromatic rings. The third kappa shape index (κ3) is 5.13. The van der Waals surface area contributed by atoms with Crippen LogP contribution >= 0.6 is 11.6 Å². The van der Waals surface area contributed by atoms with Crippen LogP contribution in [0.3, 0.4) is 0 Å². The van der Waals surface area contributed by atoms with Gasteiger partial charge in [-0.1, -0.05) is 23.7 Å². The highest BCUT2D eigenvalue weighted by Gasteiger charge is 2.31. The number of halogens is 2. The highest BCUT2D eigenvalue weighted by molar-refractivity contribution is 6.30. The van der Waals surface area contributed by atoms with Crippen LogP contribution in [0.1, 0.15) is 18.7 Å². The van der Waals surface area contributed by atoms with Crippen LogP contribution in [-0.2, 0) is 11.3 Å². The predicted octanol–water partition coefficient (Wildman–Crippen LogP) is 5.38. The number of imidazole rings is 1. The molecule has 8 heteroatoms. The Hall–Kier alpha value is -3.42. The van der Waals surface area contributed by atoms with Crippen LogP contribution in [0.5, 0.6) is 0 Å². The number of hydrogen-bond acceptors (Lipinski definition) is 4. The molecule has 0 aliphatic carbocycles. The van der Waals surface area contributed by atoms with Gasteiger partial charge in [-0.25, -0.2) is 9.37 Å². The monoisotopic (exact) mass is 531 g/mol. The second-order valence-electron chi connectivity index (χ2n) is 10.2. The Bertz CT molecular complexity index is 1410. The van der Waals surface area contributed by atoms with Crippen LogP contribution in [0.15, 0.2) is 72.8 Å². The number of nitrogens with zero attached hydrogens (tertiary/aromatic N) is 5. The molecule has 0 saturated carbocycles. The first-order valence-electron chi connectivity index (χ1n) is 13.3. The number of carbonyl (C=O) groups is 1. The first-order chi connectivity index (χ1) is 18.5. The van der Waals surface area contributed by atoms with Gasteiger partial charge in [0, 0.05) is 48.5 Å². The molecule has 0 atom stereocenters. The van der Waals surface area contributed by atoms with E-state index in [-0.39, 0.29) is 11.7 Å². The summed E-state index contributed by atoms with van der Waals surface area (Å²) in [6, 6.07) is 22.5. The summed E-state index contributed by atoms with van der Waals surface area (Å²) in [5.41, 5.74) is 3.99. The van der Waals surface area contributed by atoms with Gasteiger partial charge in [-0.05, 0) is 86.6 Å². The Morgan fingerprint density at radius 3 is 2.21 bits per heavy atom. The Kier molecular flexibility index (Phi) is 7.04. The van der Waals surface area contributed by atoms with E-state index in [9.17, 15) is 9.18 Å². The Morgan fingerprint density at radius 2 is 1.50 bits per heavy atom. The highest BCUT2D eigenvalue weighted by Crippen LogP contribution is 2.26. The zero-order chi connectivity index (χ0) is 26.1. The van der Waals surface area contributed by atoms with E-state index in [0.717, 1.165) is 85.4 Å². The minimum absolute atomic E-state index is 0.0734. The van der Waals surface area contributed by atoms with E-state index in [4.69, 9.17) is 16.6 Å². The van der Waals surface area contributed by atoms with Crippen molar-refractivity contribution in [2.45, 2.75) is 19.4 Å². The fourth-order valence-corrected chi connectivity index (χ4v) is 5.82. The zero-order valence-electron chi connectivity index (χ0n) is 21.3. The number of aromatic nitrogens is 2. The number of para-hydroxylation sites is 2. The topological polar surface area (TPSA) is 44.6 Å². The third-order valence-electron chi connectivity index (χ3n) is 7.80. The van der Waals surface area contributed by atoms with E-state index in [1.807, 2.05) is 53.4 Å². The summed E-state index contributed by atoms with van der Waals surface area (Å²) >= 11 is 6.02. The van der Waals surface area contributed by atoms with Gasteiger partial charge >= 0.3 is 0 Å². The van der Waals surface area contributed by atoms with E-state index < -0.39 is 0 Å². The lowest BCUT2D eigenvalue weighted by atomic mass is 9.95. The maximum absolute atomic E-state index is 13.6. The predicted molar refractivity (Wildman–Crippen MR) is 149 cm³/mol. The molecule has 2 fully saturated rings. The average molecular weight is 532 g/mol. The van der Waals surface area contributed by atoms with Gasteiger partial charge < -0.3 is 9.80 Å². The van der Waals surface area contributed by atoms with Gasteiger partial charge in [-0.3, -0.25) is 14.3 Å². The average Bonchev–Trinajstić information content (AvgIpc) is 3.32. The summed E-state index contributed by atoms with van der Waals surface area (Å²) in [7, 11) is 0. The van der Waals surface area contributed by atoms with Crippen molar-refractivity contribution in [2.24, 2.45) is 5.92 Å². The summed E-state index contributed by atoms with van der Waals surface area (Å²) in [6.07, 6.45) is 1.71. The van der Waals surface area contributed by atoms with Gasteiger partial charge in [0.2, 0.25) is 5.91 Å². The van der Waals surface area contributed by atoms with Crippen LogP contribution in [-0.4, -0.2) is 64.5 Å². The quantitative estimate of drug-likeness (QED) is 0.347. The SMILES string of the molecule is O=C(C1CCN(Cc2nc3ccccc3n2-c2ccc(F)cc2)CC1)N1CCN(c2ccc(Cl)cc2)CC1. The lowest BCUT2D eigenvalue weighted by Gasteiger charge is -2.39. The van der Waals surface area contributed by atoms with Crippen molar-refractivity contribution in [3.8, 4) is 5.69 Å². The molecule has 0 bridgehead atoms. The first kappa shape index (κ1) is 24.9. The van der Waals surface area contributed by atoms with Crippen molar-refractivity contribution in [3.63, 3.8) is 0 Å². The zero-order valence-corrected chi connectivity index (χ0v) is 22.0. The smallest absolute Gasteiger partial charge is 0.225 e. The van der Waals surface area contributed by atoms with Gasteiger partial charge in [0.25, 0.3) is 0 Å². The van der Waals surface area contributed by atoms with Crippen molar-refractivity contribution in [1.29, 1.82) is 0 Å². The number of fused-ring (bicyclic) bond motifs is 1. The van der Waals surface area contributed by atoms with Gasteiger partial charge in [0.15, 0.2) is 0 Å². The molecule has 0 radical (unpaired) electrons. The molecule has 1 aromatic heterocycles. The summed E-state index contributed by atoms with van der Waals surface area (Å²) in [6.45, 7) is 5.58. The molecule has 2 aliphatic rings. The van der Waals surface area contributed by atoms with Crippen molar-refractivity contribution < 1.29 is 9.18 Å². The van der Waals surface area contributed by atoms with E-state index >= 15 is 0 Å². The number of amides is 1. The lowest BCUT2D eigenvalue weighted by molar-refractivity contribution is -0.137. The summed E-state index contributed by atoms with van der Waals surface area (Å²) in [4.78, 5) is 25.0. The van der Waals surface area contributed by atoms with Crippen molar-refractivity contribution in [1.82, 2.24) is 19.4 Å². The minimum Gasteiger partial charge on any atom is -0.368 e. The number of benzene rings is 3. The number of hydrogen-bond donors (Lipinski definition) is 0. The number of rotatable bonds is 5. The molecular weight excluding hydrogens is 501 g/mol. The van der Waals surface area contributed by atoms with Gasteiger partial charge in [0.1, 0.15) is 11.6 Å². The molecule has 2 saturated heterocycles. The fourth-order valence-electron chi connectivity index (χ4n) is 5.69. The molecule has 196 valence electrons. The second-order valence-corrected chi connectivity index (χ2v) is 10.6. The van der Waals surface area contributed by atoms with Gasteiger partial charge in [-0.15, -0.1) is 0 Å². The Labute approximate surface area is 227 Å². The van der Waals surface area contributed by atoms with Crippen molar-refractivity contribution >= 4 is 34.2 Å². The van der Waals surface area contributed by atoms with Crippen LogP contribution in [0, 0.1) is 11.7 Å². The highest BCUT2D eigenvalue weighted by atomic mass is 35.5. The molecule has 0 spiro atoms. The molecule has 3 aromatic carbocycles. The molecule has 3 heterocycles. The summed E-state index contributed by atoms with van der Waals surface area (Å²) < 4.78 is 15.7. The molecule has 6 rings (SSSR count). The van der Waals surface area contributed by atoms with Gasteiger partial charge in [-0.2, -0.15) is 0 Å². The number of anilines is 1. The number of likely N-dealkylation sites (tertiary alicyclic amines) is 1. The largest absolute Gasteiger partial charge is 0.368 e. The normalized spacial score (nSPS) is 17.3. The number of piperazine rings is 1. The second kappa shape index (κ2) is 10.8. The minimum atomic E-state index is -0.252. The van der Waals surface area contributed by atoms with Crippen LogP contribution in [0.2, 0.25) is 5.02 Å². The molecule has 1 amide bonds. The molecule has 0 unspecified atom stereocenters. The molecular formula is C30H31ClFN5O. The van der Waals surface area contributed by atoms with Crippen molar-refractivity contribution in [3.05, 3.63) is 89.5 Å². The number of piperidine rings is 1. The van der Waals surface area contributed by atoms with Gasteiger partial charge in [0.05, 0.1) is 17.6 Å². The van der Waals surface area contributed by atoms with Crippen LogP contribution in [0.25, 0.3) is 16.7 Å². The van der Waals surface area contributed by atoms with E-state index in [0.29, 0.717) is 12.5 Å². The van der Waals surface area contributed by atoms with E-state index in [1.165, 1.54) is 12.1 Å². The van der Waals surface area contributed by atoms with Crippen LogP contribution < -0.4 is 4.90 Å². The molecule has 0 N–H and O–H groups in total. The lowest BCUT2D eigenvalue weighted by Crippen LogP contribution is -2.51. The van der Waals surface area contributed by atoms with E-state index in [2.05, 4.69) is 14.4 Å². The third-order valence-corrected chi connectivity index (χ3v) is 8.05. The maximum atomic E-state index is 13.6. The first-order valence-corrected chi connectivity index (χ1v) is 13.7. The summed E-state index contributed by atoms with van der Waals surface area (Å²) in [5, 5.41) is 0.738. The Balaban J connectivity index is 1.07. The molecule has 38 heavy (non-hydrogen) atoms. The molecule has 6 nitrogen and oxygen atoms in total. The van der Waals surface area contributed by atoms with Crippen LogP contribution in [0.4, 0.5) is 10.1 Å². The van der Waals surface area contributed by atoms with E-state index in [1.54, 1.807) is 12.1 Å². The standard InChI is InChI=1S/C30H31ClFN5O/c31-23-5-9-25(10-6-23)35-17-19-36(20-18-35)30(38)22-13-15-34(16-14-22)21-29-33-27-3-1-2-4-28(27)37(29)26-11-7-24(32)8-12-26/h1-12,22H,13-21H2. The molecule has 2 aliphatic heterocycles.